The fraction of sp³-hybridized carbons (Fsp3) is 0.375. The van der Waals surface area contributed by atoms with Gasteiger partial charge in [-0.25, -0.2) is 19.8 Å². The normalized spacial score (nSPS) is 10.0. The summed E-state index contributed by atoms with van der Waals surface area (Å²) >= 11 is 0. The van der Waals surface area contributed by atoms with Crippen molar-refractivity contribution in [3.05, 3.63) is 18.1 Å². The van der Waals surface area contributed by atoms with Gasteiger partial charge in [-0.2, -0.15) is 0 Å². The lowest BCUT2D eigenvalue weighted by atomic mass is 10.4. The summed E-state index contributed by atoms with van der Waals surface area (Å²) < 4.78 is 4.48. The molecule has 0 aliphatic heterocycles. The SMILES string of the molecule is COC(=O)c1cnc(NN(C)C)cn1. The van der Waals surface area contributed by atoms with Crippen molar-refractivity contribution in [3.63, 3.8) is 0 Å². The Balaban J connectivity index is 2.73. The smallest absolute Gasteiger partial charge is 0.358 e. The Morgan fingerprint density at radius 2 is 2.14 bits per heavy atom. The molecule has 1 heterocycles. The summed E-state index contributed by atoms with van der Waals surface area (Å²) in [6.45, 7) is 0. The molecule has 0 saturated heterocycles. The highest BCUT2D eigenvalue weighted by atomic mass is 16.5. The number of esters is 1. The molecular formula is C8H12N4O2. The number of hydrogen-bond acceptors (Lipinski definition) is 6. The first kappa shape index (κ1) is 10.4. The number of rotatable bonds is 3. The highest BCUT2D eigenvalue weighted by Crippen LogP contribution is 2.01. The standard InChI is InChI=1S/C8H12N4O2/c1-12(2)11-7-5-9-6(4-10-7)8(13)14-3/h4-5H,1-3H3,(H,10,11). The first-order valence-corrected chi connectivity index (χ1v) is 3.98. The number of nitrogens with one attached hydrogen (secondary N) is 1. The van der Waals surface area contributed by atoms with Gasteiger partial charge < -0.3 is 10.2 Å². The number of aromatic nitrogens is 2. The van der Waals surface area contributed by atoms with Crippen molar-refractivity contribution < 1.29 is 9.53 Å². The summed E-state index contributed by atoms with van der Waals surface area (Å²) in [5.41, 5.74) is 3.09. The molecule has 6 nitrogen and oxygen atoms in total. The Morgan fingerprint density at radius 1 is 1.43 bits per heavy atom. The second-order valence-corrected chi connectivity index (χ2v) is 2.78. The Hall–Kier alpha value is -1.69. The Bertz CT molecular complexity index is 310. The van der Waals surface area contributed by atoms with E-state index in [0.717, 1.165) is 0 Å². The number of methoxy groups -OCH3 is 1. The van der Waals surface area contributed by atoms with Crippen molar-refractivity contribution in [1.82, 2.24) is 15.0 Å². The van der Waals surface area contributed by atoms with Crippen LogP contribution in [0.25, 0.3) is 0 Å². The first-order chi connectivity index (χ1) is 6.63. The highest BCUT2D eigenvalue weighted by Gasteiger charge is 2.06. The molecule has 0 unspecified atom stereocenters. The minimum Gasteiger partial charge on any atom is -0.464 e. The summed E-state index contributed by atoms with van der Waals surface area (Å²) in [6.07, 6.45) is 2.82. The van der Waals surface area contributed by atoms with E-state index in [0.29, 0.717) is 5.82 Å². The molecule has 0 radical (unpaired) electrons. The molecule has 0 spiro atoms. The molecule has 1 aromatic rings. The van der Waals surface area contributed by atoms with Crippen LogP contribution in [0.1, 0.15) is 10.5 Å². The predicted octanol–water partition coefficient (Wildman–Crippen LogP) is 0.152. The Morgan fingerprint density at radius 3 is 2.57 bits per heavy atom. The average molecular weight is 196 g/mol. The van der Waals surface area contributed by atoms with E-state index in [1.165, 1.54) is 19.5 Å². The van der Waals surface area contributed by atoms with Gasteiger partial charge in [-0.15, -0.1) is 0 Å². The molecule has 0 fully saturated rings. The van der Waals surface area contributed by atoms with Gasteiger partial charge in [-0.1, -0.05) is 0 Å². The lowest BCUT2D eigenvalue weighted by Crippen LogP contribution is -2.20. The third-order valence-electron chi connectivity index (χ3n) is 1.38. The van der Waals surface area contributed by atoms with E-state index >= 15 is 0 Å². The van der Waals surface area contributed by atoms with E-state index < -0.39 is 5.97 Å². The molecule has 1 N–H and O–H groups in total. The summed E-state index contributed by atoms with van der Waals surface area (Å²) in [7, 11) is 4.96. The molecule has 14 heavy (non-hydrogen) atoms. The number of carbonyl (C=O) groups is 1. The van der Waals surface area contributed by atoms with Crippen LogP contribution in [-0.4, -0.2) is 42.2 Å². The molecule has 0 aromatic carbocycles. The van der Waals surface area contributed by atoms with Crippen LogP contribution in [0.5, 0.6) is 0 Å². The number of nitrogens with zero attached hydrogens (tertiary/aromatic N) is 3. The monoisotopic (exact) mass is 196 g/mol. The number of anilines is 1. The number of hydrazine groups is 1. The van der Waals surface area contributed by atoms with E-state index in [-0.39, 0.29) is 5.69 Å². The lowest BCUT2D eigenvalue weighted by molar-refractivity contribution is 0.0593. The zero-order valence-electron chi connectivity index (χ0n) is 8.31. The van der Waals surface area contributed by atoms with E-state index in [4.69, 9.17) is 0 Å². The topological polar surface area (TPSA) is 67.3 Å². The largest absolute Gasteiger partial charge is 0.464 e. The van der Waals surface area contributed by atoms with Gasteiger partial charge in [0.2, 0.25) is 0 Å². The van der Waals surface area contributed by atoms with Crippen LogP contribution in [0, 0.1) is 0 Å². The Kier molecular flexibility index (Phi) is 3.35. The summed E-state index contributed by atoms with van der Waals surface area (Å²) in [6, 6.07) is 0. The van der Waals surface area contributed by atoms with Crippen molar-refractivity contribution >= 4 is 11.8 Å². The molecule has 0 atom stereocenters. The quantitative estimate of drug-likeness (QED) is 0.548. The number of carbonyl (C=O) groups excluding carboxylic acids is 1. The number of hydrogen-bond donors (Lipinski definition) is 1. The molecule has 0 saturated carbocycles. The van der Waals surface area contributed by atoms with Crippen LogP contribution in [0.3, 0.4) is 0 Å². The van der Waals surface area contributed by atoms with Gasteiger partial charge in [0, 0.05) is 14.1 Å². The third kappa shape index (κ3) is 2.67. The fourth-order valence-corrected chi connectivity index (χ4v) is 0.825. The minimum absolute atomic E-state index is 0.191. The van der Waals surface area contributed by atoms with E-state index in [1.807, 2.05) is 14.1 Å². The molecule has 6 heteroatoms. The van der Waals surface area contributed by atoms with Crippen LogP contribution >= 0.6 is 0 Å². The van der Waals surface area contributed by atoms with Crippen LogP contribution < -0.4 is 5.43 Å². The molecule has 0 aliphatic carbocycles. The van der Waals surface area contributed by atoms with Crippen molar-refractivity contribution in [2.45, 2.75) is 0 Å². The zero-order valence-corrected chi connectivity index (χ0v) is 8.31. The van der Waals surface area contributed by atoms with Gasteiger partial charge in [0.15, 0.2) is 11.5 Å². The fourth-order valence-electron chi connectivity index (χ4n) is 0.825. The van der Waals surface area contributed by atoms with Gasteiger partial charge in [0.05, 0.1) is 19.5 Å². The van der Waals surface area contributed by atoms with Crippen LogP contribution in [0.4, 0.5) is 5.82 Å². The van der Waals surface area contributed by atoms with Gasteiger partial charge >= 0.3 is 5.97 Å². The second-order valence-electron chi connectivity index (χ2n) is 2.78. The van der Waals surface area contributed by atoms with Gasteiger partial charge in [-0.3, -0.25) is 0 Å². The van der Waals surface area contributed by atoms with Gasteiger partial charge in [-0.05, 0) is 0 Å². The van der Waals surface area contributed by atoms with Crippen LogP contribution in [0.15, 0.2) is 12.4 Å². The second kappa shape index (κ2) is 4.52. The van der Waals surface area contributed by atoms with Crippen molar-refractivity contribution in [3.8, 4) is 0 Å². The Labute approximate surface area is 81.9 Å². The number of ether oxygens (including phenoxy) is 1. The summed E-state index contributed by atoms with van der Waals surface area (Å²) in [5, 5.41) is 1.72. The molecule has 1 rings (SSSR count). The minimum atomic E-state index is -0.492. The van der Waals surface area contributed by atoms with Gasteiger partial charge in [0.1, 0.15) is 0 Å². The molecule has 0 amide bonds. The zero-order chi connectivity index (χ0) is 10.6. The predicted molar refractivity (Wildman–Crippen MR) is 50.7 cm³/mol. The molecule has 0 bridgehead atoms. The van der Waals surface area contributed by atoms with Gasteiger partial charge in [0.25, 0.3) is 0 Å². The molecular weight excluding hydrogens is 184 g/mol. The maximum absolute atomic E-state index is 11.0. The summed E-state index contributed by atoms with van der Waals surface area (Å²) in [5.74, 6) is 0.0801. The van der Waals surface area contributed by atoms with Crippen molar-refractivity contribution in [1.29, 1.82) is 0 Å². The molecule has 0 aliphatic rings. The van der Waals surface area contributed by atoms with Crippen molar-refractivity contribution in [2.24, 2.45) is 0 Å². The molecule has 76 valence electrons. The average Bonchev–Trinajstić information content (AvgIpc) is 2.17. The van der Waals surface area contributed by atoms with Crippen LogP contribution in [-0.2, 0) is 4.74 Å². The molecule has 1 aromatic heterocycles. The van der Waals surface area contributed by atoms with Crippen LogP contribution in [0.2, 0.25) is 0 Å². The van der Waals surface area contributed by atoms with E-state index in [9.17, 15) is 4.79 Å². The lowest BCUT2D eigenvalue weighted by Gasteiger charge is -2.11. The third-order valence-corrected chi connectivity index (χ3v) is 1.38. The van der Waals surface area contributed by atoms with E-state index in [1.54, 1.807) is 5.01 Å². The highest BCUT2D eigenvalue weighted by molar-refractivity contribution is 5.86. The maximum atomic E-state index is 11.0. The first-order valence-electron chi connectivity index (χ1n) is 3.98. The summed E-state index contributed by atoms with van der Waals surface area (Å²) in [4.78, 5) is 18.8. The van der Waals surface area contributed by atoms with Crippen molar-refractivity contribution in [2.75, 3.05) is 26.6 Å². The maximum Gasteiger partial charge on any atom is 0.358 e. The van der Waals surface area contributed by atoms with E-state index in [2.05, 4.69) is 20.1 Å².